The van der Waals surface area contributed by atoms with Gasteiger partial charge in [0.25, 0.3) is 5.91 Å². The van der Waals surface area contributed by atoms with E-state index < -0.39 is 0 Å². The second-order valence-corrected chi connectivity index (χ2v) is 8.44. The summed E-state index contributed by atoms with van der Waals surface area (Å²) in [6.07, 6.45) is 5.81. The van der Waals surface area contributed by atoms with Crippen molar-refractivity contribution in [2.24, 2.45) is 0 Å². The van der Waals surface area contributed by atoms with Crippen LogP contribution in [0.3, 0.4) is 0 Å². The van der Waals surface area contributed by atoms with E-state index in [0.717, 1.165) is 18.4 Å². The molecule has 5 nitrogen and oxygen atoms in total. The third-order valence-electron chi connectivity index (χ3n) is 6.77. The molecule has 2 saturated heterocycles. The summed E-state index contributed by atoms with van der Waals surface area (Å²) in [5.41, 5.74) is 4.39. The molecule has 1 aliphatic carbocycles. The highest BCUT2D eigenvalue weighted by molar-refractivity contribution is 5.97. The van der Waals surface area contributed by atoms with E-state index in [0.29, 0.717) is 12.1 Å². The van der Waals surface area contributed by atoms with E-state index in [1.807, 2.05) is 18.2 Å². The lowest BCUT2D eigenvalue weighted by Crippen LogP contribution is -2.73. The molecule has 154 valence electrons. The molecule has 3 atom stereocenters. The van der Waals surface area contributed by atoms with Gasteiger partial charge in [0.05, 0.1) is 18.7 Å². The predicted molar refractivity (Wildman–Crippen MR) is 115 cm³/mol. The zero-order valence-electron chi connectivity index (χ0n) is 16.9. The molecule has 0 saturated carbocycles. The first-order valence-electron chi connectivity index (χ1n) is 10.7. The van der Waals surface area contributed by atoms with E-state index in [9.17, 15) is 14.7 Å². The lowest BCUT2D eigenvalue weighted by atomic mass is 9.73. The number of piperazine rings is 1. The largest absolute Gasteiger partial charge is 0.394 e. The van der Waals surface area contributed by atoms with Crippen LogP contribution >= 0.6 is 0 Å². The average Bonchev–Trinajstić information content (AvgIpc) is 3.30. The van der Waals surface area contributed by atoms with Crippen LogP contribution in [0.2, 0.25) is 0 Å². The van der Waals surface area contributed by atoms with Crippen LogP contribution in [0, 0.1) is 0 Å². The van der Waals surface area contributed by atoms with Crippen molar-refractivity contribution in [1.82, 2.24) is 9.80 Å². The van der Waals surface area contributed by atoms with Crippen molar-refractivity contribution in [1.29, 1.82) is 0 Å². The standard InChI is InChI=1S/C25H26N2O3/c28-16-22-24(19-12-10-18(11-13-19)17-6-4-5-7-17)21-14-26(15-23(29)27(21)22)25(30)20-8-2-1-3-9-20/h1-3,6,8-13,21-22,24,28H,4-5,7,14-16H2/t21-,22+,24-/m0/s1. The number of aliphatic hydroxyl groups excluding tert-OH is 1. The Balaban J connectivity index is 1.38. The van der Waals surface area contributed by atoms with Gasteiger partial charge in [-0.2, -0.15) is 0 Å². The topological polar surface area (TPSA) is 60.9 Å². The first-order valence-corrected chi connectivity index (χ1v) is 10.7. The van der Waals surface area contributed by atoms with Gasteiger partial charge in [-0.3, -0.25) is 9.59 Å². The average molecular weight is 402 g/mol. The minimum atomic E-state index is -0.215. The van der Waals surface area contributed by atoms with Gasteiger partial charge in [-0.1, -0.05) is 48.5 Å². The lowest BCUT2D eigenvalue weighted by Gasteiger charge is -2.58. The van der Waals surface area contributed by atoms with E-state index in [1.165, 1.54) is 17.6 Å². The van der Waals surface area contributed by atoms with Crippen LogP contribution in [0.5, 0.6) is 0 Å². The van der Waals surface area contributed by atoms with Crippen LogP contribution in [-0.2, 0) is 4.79 Å². The fourth-order valence-corrected chi connectivity index (χ4v) is 5.27. The minimum absolute atomic E-state index is 0.0388. The summed E-state index contributed by atoms with van der Waals surface area (Å²) < 4.78 is 0. The summed E-state index contributed by atoms with van der Waals surface area (Å²) in [7, 11) is 0. The number of carbonyl (C=O) groups excluding carboxylic acids is 2. The lowest BCUT2D eigenvalue weighted by molar-refractivity contribution is -0.159. The first kappa shape index (κ1) is 19.1. The smallest absolute Gasteiger partial charge is 0.254 e. The fourth-order valence-electron chi connectivity index (χ4n) is 5.27. The summed E-state index contributed by atoms with van der Waals surface area (Å²) in [5, 5.41) is 9.97. The zero-order chi connectivity index (χ0) is 20.7. The molecule has 2 amide bonds. The van der Waals surface area contributed by atoms with Crippen molar-refractivity contribution in [3.05, 3.63) is 77.4 Å². The Hall–Kier alpha value is -2.92. The predicted octanol–water partition coefficient (Wildman–Crippen LogP) is 3.07. The van der Waals surface area contributed by atoms with Crippen molar-refractivity contribution >= 4 is 17.4 Å². The molecular formula is C25H26N2O3. The number of aliphatic hydroxyl groups is 1. The van der Waals surface area contributed by atoms with Crippen molar-refractivity contribution < 1.29 is 14.7 Å². The van der Waals surface area contributed by atoms with Gasteiger partial charge in [0.15, 0.2) is 0 Å². The van der Waals surface area contributed by atoms with E-state index in [1.54, 1.807) is 21.9 Å². The van der Waals surface area contributed by atoms with Crippen molar-refractivity contribution in [3.63, 3.8) is 0 Å². The molecular weight excluding hydrogens is 376 g/mol. The van der Waals surface area contributed by atoms with Crippen LogP contribution in [0.25, 0.3) is 5.57 Å². The van der Waals surface area contributed by atoms with Crippen molar-refractivity contribution in [2.45, 2.75) is 37.3 Å². The van der Waals surface area contributed by atoms with Gasteiger partial charge in [0, 0.05) is 18.0 Å². The Morgan fingerprint density at radius 3 is 2.50 bits per heavy atom. The van der Waals surface area contributed by atoms with Crippen LogP contribution < -0.4 is 0 Å². The van der Waals surface area contributed by atoms with Gasteiger partial charge in [-0.25, -0.2) is 0 Å². The van der Waals surface area contributed by atoms with Gasteiger partial charge in [0.1, 0.15) is 6.54 Å². The number of carbonyl (C=O) groups is 2. The molecule has 2 heterocycles. The zero-order valence-corrected chi connectivity index (χ0v) is 16.9. The van der Waals surface area contributed by atoms with Crippen LogP contribution in [-0.4, -0.2) is 58.5 Å². The van der Waals surface area contributed by atoms with E-state index >= 15 is 0 Å². The molecule has 5 rings (SSSR count). The summed E-state index contributed by atoms with van der Waals surface area (Å²) >= 11 is 0. The number of rotatable bonds is 4. The summed E-state index contributed by atoms with van der Waals surface area (Å²) in [5.74, 6) is -0.159. The number of hydrogen-bond acceptors (Lipinski definition) is 3. The maximum absolute atomic E-state index is 12.9. The van der Waals surface area contributed by atoms with Gasteiger partial charge in [-0.05, 0) is 48.1 Å². The van der Waals surface area contributed by atoms with E-state index in [4.69, 9.17) is 0 Å². The molecule has 3 aliphatic rings. The summed E-state index contributed by atoms with van der Waals surface area (Å²) in [6, 6.07) is 17.4. The van der Waals surface area contributed by atoms with Crippen LogP contribution in [0.15, 0.2) is 60.7 Å². The molecule has 2 aromatic rings. The maximum Gasteiger partial charge on any atom is 0.254 e. The van der Waals surface area contributed by atoms with Crippen molar-refractivity contribution in [3.8, 4) is 0 Å². The fraction of sp³-hybridized carbons (Fsp3) is 0.360. The Kier molecular flexibility index (Phi) is 4.91. The summed E-state index contributed by atoms with van der Waals surface area (Å²) in [6.45, 7) is 0.501. The highest BCUT2D eigenvalue weighted by atomic mass is 16.3. The van der Waals surface area contributed by atoms with Gasteiger partial charge >= 0.3 is 0 Å². The van der Waals surface area contributed by atoms with E-state index in [-0.39, 0.29) is 43.0 Å². The molecule has 2 aliphatic heterocycles. The molecule has 0 aromatic heterocycles. The first-order chi connectivity index (χ1) is 14.7. The minimum Gasteiger partial charge on any atom is -0.394 e. The molecule has 0 radical (unpaired) electrons. The molecule has 0 bridgehead atoms. The highest BCUT2D eigenvalue weighted by Crippen LogP contribution is 2.43. The van der Waals surface area contributed by atoms with Gasteiger partial charge < -0.3 is 14.9 Å². The number of hydrogen-bond donors (Lipinski definition) is 1. The van der Waals surface area contributed by atoms with Gasteiger partial charge in [0.2, 0.25) is 5.91 Å². The summed E-state index contributed by atoms with van der Waals surface area (Å²) in [4.78, 5) is 29.1. The molecule has 5 heteroatoms. The molecule has 2 aromatic carbocycles. The second kappa shape index (κ2) is 7.73. The molecule has 0 unspecified atom stereocenters. The Labute approximate surface area is 176 Å². The Morgan fingerprint density at radius 1 is 1.07 bits per heavy atom. The van der Waals surface area contributed by atoms with E-state index in [2.05, 4.69) is 30.3 Å². The van der Waals surface area contributed by atoms with Crippen LogP contribution in [0.4, 0.5) is 0 Å². The number of fused-ring (bicyclic) bond motifs is 1. The normalized spacial score (nSPS) is 25.6. The maximum atomic E-state index is 12.9. The Morgan fingerprint density at radius 2 is 1.83 bits per heavy atom. The SMILES string of the molecule is O=C(c1ccccc1)N1CC(=O)N2[C@H](CO)[C@@H](c3ccc(C4=CCCC4)cc3)[C@@H]2C1. The van der Waals surface area contributed by atoms with Crippen molar-refractivity contribution in [2.75, 3.05) is 19.7 Å². The van der Waals surface area contributed by atoms with Crippen LogP contribution in [0.1, 0.15) is 46.7 Å². The molecule has 2 fully saturated rings. The quantitative estimate of drug-likeness (QED) is 0.855. The number of amides is 2. The second-order valence-electron chi connectivity index (χ2n) is 8.44. The monoisotopic (exact) mass is 402 g/mol. The number of allylic oxidation sites excluding steroid dienone is 2. The number of benzene rings is 2. The third kappa shape index (κ3) is 3.14. The molecule has 1 N–H and O–H groups in total. The third-order valence-corrected chi connectivity index (χ3v) is 6.77. The number of nitrogens with zero attached hydrogens (tertiary/aromatic N) is 2. The Bertz CT molecular complexity index is 983. The highest BCUT2D eigenvalue weighted by Gasteiger charge is 2.54. The van der Waals surface area contributed by atoms with Gasteiger partial charge in [-0.15, -0.1) is 0 Å². The molecule has 0 spiro atoms. The molecule has 30 heavy (non-hydrogen) atoms.